The van der Waals surface area contributed by atoms with E-state index in [1.54, 1.807) is 0 Å². The Bertz CT molecular complexity index is 832. The maximum absolute atomic E-state index is 12.4. The molecule has 0 radical (unpaired) electrons. The molecule has 2 atom stereocenters. The van der Waals surface area contributed by atoms with Gasteiger partial charge in [-0.05, 0) is 56.1 Å². The smallest absolute Gasteiger partial charge is 0.340 e. The largest absolute Gasteiger partial charge is 0.478 e. The van der Waals surface area contributed by atoms with Gasteiger partial charge in [0, 0.05) is 23.8 Å². The molecule has 1 aliphatic carbocycles. The van der Waals surface area contributed by atoms with E-state index >= 15 is 0 Å². The van der Waals surface area contributed by atoms with Crippen molar-refractivity contribution in [3.05, 3.63) is 47.2 Å². The Kier molecular flexibility index (Phi) is 4.43. The highest BCUT2D eigenvalue weighted by atomic mass is 16.4. The van der Waals surface area contributed by atoms with E-state index in [4.69, 9.17) is 4.98 Å². The molecule has 2 aliphatic rings. The SMILES string of the molecule is CC1CCc2nc(N3CCCC3C)c(C(=O)O)c(-c3ccccc3)c2C1. The summed E-state index contributed by atoms with van der Waals surface area (Å²) in [5.74, 6) is 0.367. The third-order valence-corrected chi connectivity index (χ3v) is 5.89. The zero-order valence-electron chi connectivity index (χ0n) is 15.5. The summed E-state index contributed by atoms with van der Waals surface area (Å²) in [4.78, 5) is 19.5. The van der Waals surface area contributed by atoms with Gasteiger partial charge in [-0.2, -0.15) is 0 Å². The number of benzene rings is 1. The summed E-state index contributed by atoms with van der Waals surface area (Å²) in [6.45, 7) is 5.30. The van der Waals surface area contributed by atoms with Crippen molar-refractivity contribution >= 4 is 11.8 Å². The summed E-state index contributed by atoms with van der Waals surface area (Å²) in [6, 6.07) is 10.3. The lowest BCUT2D eigenvalue weighted by Crippen LogP contribution is -2.31. The van der Waals surface area contributed by atoms with Crippen LogP contribution in [0.3, 0.4) is 0 Å². The minimum absolute atomic E-state index is 0.338. The Morgan fingerprint density at radius 1 is 1.19 bits per heavy atom. The van der Waals surface area contributed by atoms with Crippen molar-refractivity contribution < 1.29 is 9.90 Å². The first-order valence-corrected chi connectivity index (χ1v) is 9.67. The standard InChI is InChI=1S/C22H26N2O2/c1-14-10-11-18-17(13-14)19(16-8-4-3-5-9-16)20(22(25)26)21(23-18)24-12-6-7-15(24)2/h3-5,8-9,14-15H,6-7,10-13H2,1-2H3,(H,25,26). The minimum Gasteiger partial charge on any atom is -0.478 e. The molecule has 1 N–H and O–H groups in total. The summed E-state index contributed by atoms with van der Waals surface area (Å²) in [5.41, 5.74) is 4.51. The maximum Gasteiger partial charge on any atom is 0.340 e. The molecule has 4 rings (SSSR count). The van der Waals surface area contributed by atoms with E-state index in [1.807, 2.05) is 30.3 Å². The summed E-state index contributed by atoms with van der Waals surface area (Å²) >= 11 is 0. The molecule has 1 fully saturated rings. The van der Waals surface area contributed by atoms with Gasteiger partial charge in [0.15, 0.2) is 0 Å². The van der Waals surface area contributed by atoms with Gasteiger partial charge < -0.3 is 10.0 Å². The summed E-state index contributed by atoms with van der Waals surface area (Å²) < 4.78 is 0. The molecular formula is C22H26N2O2. The van der Waals surface area contributed by atoms with Crippen LogP contribution in [0.4, 0.5) is 5.82 Å². The number of hydrogen-bond donors (Lipinski definition) is 1. The Balaban J connectivity index is 2.01. The van der Waals surface area contributed by atoms with Gasteiger partial charge in [0.2, 0.25) is 0 Å². The number of fused-ring (bicyclic) bond motifs is 1. The summed E-state index contributed by atoms with van der Waals surface area (Å²) in [6.07, 6.45) is 5.15. The average molecular weight is 350 g/mol. The molecule has 0 saturated carbocycles. The molecule has 26 heavy (non-hydrogen) atoms. The third-order valence-electron chi connectivity index (χ3n) is 5.89. The number of rotatable bonds is 3. The van der Waals surface area contributed by atoms with Gasteiger partial charge >= 0.3 is 5.97 Å². The van der Waals surface area contributed by atoms with Gasteiger partial charge in [-0.15, -0.1) is 0 Å². The first kappa shape index (κ1) is 17.1. The zero-order valence-corrected chi connectivity index (χ0v) is 15.5. The number of carboxylic acids is 1. The zero-order chi connectivity index (χ0) is 18.3. The number of carbonyl (C=O) groups is 1. The lowest BCUT2D eigenvalue weighted by molar-refractivity contribution is 0.0697. The predicted octanol–water partition coefficient (Wildman–Crippen LogP) is 4.56. The molecular weight excluding hydrogens is 324 g/mol. The van der Waals surface area contributed by atoms with Crippen molar-refractivity contribution in [1.29, 1.82) is 0 Å². The highest BCUT2D eigenvalue weighted by Crippen LogP contribution is 2.40. The lowest BCUT2D eigenvalue weighted by Gasteiger charge is -2.30. The molecule has 1 saturated heterocycles. The molecule has 2 aromatic rings. The molecule has 1 aromatic heterocycles. The third kappa shape index (κ3) is 2.87. The number of pyridine rings is 1. The molecule has 4 nitrogen and oxygen atoms in total. The van der Waals surface area contributed by atoms with Crippen molar-refractivity contribution in [2.45, 2.75) is 52.0 Å². The van der Waals surface area contributed by atoms with Crippen molar-refractivity contribution in [3.8, 4) is 11.1 Å². The highest BCUT2D eigenvalue weighted by molar-refractivity contribution is 6.02. The second-order valence-corrected chi connectivity index (χ2v) is 7.81. The summed E-state index contributed by atoms with van der Waals surface area (Å²) in [7, 11) is 0. The quantitative estimate of drug-likeness (QED) is 0.882. The second kappa shape index (κ2) is 6.75. The van der Waals surface area contributed by atoms with E-state index in [2.05, 4.69) is 18.7 Å². The number of aromatic nitrogens is 1. The van der Waals surface area contributed by atoms with E-state index in [9.17, 15) is 9.90 Å². The fourth-order valence-corrected chi connectivity index (χ4v) is 4.50. The Labute approximate surface area is 154 Å². The van der Waals surface area contributed by atoms with Gasteiger partial charge in [0.05, 0.1) is 0 Å². The highest BCUT2D eigenvalue weighted by Gasteiger charge is 2.33. The minimum atomic E-state index is -0.869. The fourth-order valence-electron chi connectivity index (χ4n) is 4.50. The van der Waals surface area contributed by atoms with Gasteiger partial charge in [0.1, 0.15) is 11.4 Å². The molecule has 2 heterocycles. The molecule has 4 heteroatoms. The molecule has 0 spiro atoms. The molecule has 2 unspecified atom stereocenters. The number of aryl methyl sites for hydroxylation is 1. The topological polar surface area (TPSA) is 53.4 Å². The van der Waals surface area contributed by atoms with Gasteiger partial charge in [0.25, 0.3) is 0 Å². The summed E-state index contributed by atoms with van der Waals surface area (Å²) in [5, 5.41) is 10.2. The van der Waals surface area contributed by atoms with Crippen molar-refractivity contribution in [3.63, 3.8) is 0 Å². The van der Waals surface area contributed by atoms with Crippen molar-refractivity contribution in [2.75, 3.05) is 11.4 Å². The van der Waals surface area contributed by atoms with Gasteiger partial charge in [-0.25, -0.2) is 9.78 Å². The normalized spacial score (nSPS) is 22.3. The number of carboxylic acid groups (broad SMARTS) is 1. The van der Waals surface area contributed by atoms with Crippen LogP contribution >= 0.6 is 0 Å². The predicted molar refractivity (Wildman–Crippen MR) is 104 cm³/mol. The van der Waals surface area contributed by atoms with Crippen molar-refractivity contribution in [1.82, 2.24) is 4.98 Å². The van der Waals surface area contributed by atoms with Crippen molar-refractivity contribution in [2.24, 2.45) is 5.92 Å². The van der Waals surface area contributed by atoms with E-state index in [1.165, 1.54) is 0 Å². The van der Waals surface area contributed by atoms with Crippen LogP contribution in [0.1, 0.15) is 54.7 Å². The van der Waals surface area contributed by atoms with Crippen LogP contribution in [0.15, 0.2) is 30.3 Å². The molecule has 1 aliphatic heterocycles. The van der Waals surface area contributed by atoms with E-state index in [-0.39, 0.29) is 0 Å². The van der Waals surface area contributed by atoms with Gasteiger partial charge in [-0.1, -0.05) is 37.3 Å². The lowest BCUT2D eigenvalue weighted by atomic mass is 9.82. The van der Waals surface area contributed by atoms with E-state index in [0.29, 0.717) is 23.3 Å². The number of anilines is 1. The molecule has 0 bridgehead atoms. The average Bonchev–Trinajstić information content (AvgIpc) is 3.06. The van der Waals surface area contributed by atoms with Crippen LogP contribution in [0, 0.1) is 5.92 Å². The van der Waals surface area contributed by atoms with Crippen LogP contribution in [-0.2, 0) is 12.8 Å². The Hall–Kier alpha value is -2.36. The van der Waals surface area contributed by atoms with Gasteiger partial charge in [-0.3, -0.25) is 0 Å². The fraction of sp³-hybridized carbons (Fsp3) is 0.455. The van der Waals surface area contributed by atoms with Crippen LogP contribution in [0.2, 0.25) is 0 Å². The number of aromatic carboxylic acids is 1. The number of nitrogens with zero attached hydrogens (tertiary/aromatic N) is 2. The Morgan fingerprint density at radius 2 is 1.96 bits per heavy atom. The van der Waals surface area contributed by atoms with E-state index in [0.717, 1.165) is 61.0 Å². The number of hydrogen-bond acceptors (Lipinski definition) is 3. The van der Waals surface area contributed by atoms with Crippen LogP contribution in [-0.4, -0.2) is 28.6 Å². The van der Waals surface area contributed by atoms with Crippen LogP contribution < -0.4 is 4.90 Å². The molecule has 136 valence electrons. The van der Waals surface area contributed by atoms with Crippen LogP contribution in [0.5, 0.6) is 0 Å². The van der Waals surface area contributed by atoms with E-state index < -0.39 is 5.97 Å². The second-order valence-electron chi connectivity index (χ2n) is 7.81. The monoisotopic (exact) mass is 350 g/mol. The maximum atomic E-state index is 12.4. The van der Waals surface area contributed by atoms with Crippen LogP contribution in [0.25, 0.3) is 11.1 Å². The molecule has 1 aromatic carbocycles. The first-order chi connectivity index (χ1) is 12.6. The first-order valence-electron chi connectivity index (χ1n) is 9.67. The Morgan fingerprint density at radius 3 is 2.62 bits per heavy atom. The molecule has 0 amide bonds.